The van der Waals surface area contributed by atoms with Crippen molar-refractivity contribution in [3.63, 3.8) is 0 Å². The first-order valence-corrected chi connectivity index (χ1v) is 9.99. The van der Waals surface area contributed by atoms with Crippen molar-refractivity contribution in [1.82, 2.24) is 19.6 Å². The number of nitrogens with zero attached hydrogens (tertiary/aromatic N) is 4. The Morgan fingerprint density at radius 2 is 1.60 bits per heavy atom. The molecule has 0 unspecified atom stereocenters. The van der Waals surface area contributed by atoms with E-state index in [1.165, 1.54) is 11.1 Å². The van der Waals surface area contributed by atoms with E-state index < -0.39 is 0 Å². The lowest BCUT2D eigenvalue weighted by molar-refractivity contribution is 0.414. The SMILES string of the molecule is COc1ccc(C=C2CCCc3c2nc2ncnn2c3-c2ccc(OC)cc2)cc1. The Bertz CT molecular complexity index is 1220. The summed E-state index contributed by atoms with van der Waals surface area (Å²) >= 11 is 0. The highest BCUT2D eigenvalue weighted by Crippen LogP contribution is 2.37. The molecule has 1 aliphatic rings. The largest absolute Gasteiger partial charge is 0.497 e. The normalized spacial score (nSPS) is 14.7. The predicted octanol–water partition coefficient (Wildman–Crippen LogP) is 4.69. The number of benzene rings is 2. The van der Waals surface area contributed by atoms with E-state index in [1.54, 1.807) is 20.5 Å². The predicted molar refractivity (Wildman–Crippen MR) is 117 cm³/mol. The Hall–Kier alpha value is -3.67. The van der Waals surface area contributed by atoms with Gasteiger partial charge in [-0.2, -0.15) is 14.6 Å². The molecular formula is C24H22N4O2. The summed E-state index contributed by atoms with van der Waals surface area (Å²) in [5, 5.41) is 4.45. The van der Waals surface area contributed by atoms with Crippen LogP contribution in [-0.4, -0.2) is 33.8 Å². The Morgan fingerprint density at radius 1 is 0.900 bits per heavy atom. The lowest BCUT2D eigenvalue weighted by Gasteiger charge is -2.22. The van der Waals surface area contributed by atoms with Gasteiger partial charge >= 0.3 is 0 Å². The van der Waals surface area contributed by atoms with Crippen LogP contribution in [0.1, 0.15) is 29.7 Å². The highest BCUT2D eigenvalue weighted by molar-refractivity contribution is 5.85. The van der Waals surface area contributed by atoms with Crippen molar-refractivity contribution in [3.05, 3.63) is 71.7 Å². The maximum Gasteiger partial charge on any atom is 0.253 e. The lowest BCUT2D eigenvalue weighted by atomic mass is 9.87. The van der Waals surface area contributed by atoms with Crippen LogP contribution in [0.4, 0.5) is 0 Å². The second-order valence-electron chi connectivity index (χ2n) is 7.28. The van der Waals surface area contributed by atoms with Crippen molar-refractivity contribution in [1.29, 1.82) is 0 Å². The minimum absolute atomic E-state index is 0.613. The third kappa shape index (κ3) is 3.20. The highest BCUT2D eigenvalue weighted by atomic mass is 16.5. The smallest absolute Gasteiger partial charge is 0.253 e. The number of hydrogen-bond acceptors (Lipinski definition) is 5. The second-order valence-corrected chi connectivity index (χ2v) is 7.28. The van der Waals surface area contributed by atoms with Gasteiger partial charge in [-0.1, -0.05) is 12.1 Å². The van der Waals surface area contributed by atoms with Crippen molar-refractivity contribution in [2.45, 2.75) is 19.3 Å². The van der Waals surface area contributed by atoms with Gasteiger partial charge in [0.1, 0.15) is 17.8 Å². The Balaban J connectivity index is 1.67. The van der Waals surface area contributed by atoms with Crippen molar-refractivity contribution in [2.75, 3.05) is 14.2 Å². The molecule has 0 fully saturated rings. The van der Waals surface area contributed by atoms with E-state index in [0.29, 0.717) is 5.78 Å². The molecule has 2 heterocycles. The molecule has 0 saturated carbocycles. The number of allylic oxidation sites excluding steroid dienone is 1. The van der Waals surface area contributed by atoms with E-state index in [4.69, 9.17) is 14.5 Å². The quantitative estimate of drug-likeness (QED) is 0.499. The zero-order chi connectivity index (χ0) is 20.5. The van der Waals surface area contributed by atoms with Gasteiger partial charge in [0.15, 0.2) is 0 Å². The molecule has 0 aliphatic heterocycles. The number of aromatic nitrogens is 4. The van der Waals surface area contributed by atoms with Gasteiger partial charge in [-0.05, 0) is 72.9 Å². The Morgan fingerprint density at radius 3 is 2.30 bits per heavy atom. The third-order valence-corrected chi connectivity index (χ3v) is 5.52. The van der Waals surface area contributed by atoms with Crippen molar-refractivity contribution in [3.8, 4) is 22.8 Å². The fourth-order valence-corrected chi connectivity index (χ4v) is 4.04. The van der Waals surface area contributed by atoms with E-state index in [1.807, 2.05) is 28.8 Å². The maximum atomic E-state index is 5.32. The third-order valence-electron chi connectivity index (χ3n) is 5.52. The minimum Gasteiger partial charge on any atom is -0.497 e. The molecule has 2 aromatic heterocycles. The van der Waals surface area contributed by atoms with Crippen LogP contribution in [0.15, 0.2) is 54.9 Å². The highest BCUT2D eigenvalue weighted by Gasteiger charge is 2.23. The number of methoxy groups -OCH3 is 2. The summed E-state index contributed by atoms with van der Waals surface area (Å²) in [5.41, 5.74) is 6.72. The van der Waals surface area contributed by atoms with Gasteiger partial charge in [-0.3, -0.25) is 0 Å². The van der Waals surface area contributed by atoms with E-state index in [2.05, 4.69) is 40.4 Å². The van der Waals surface area contributed by atoms with Gasteiger partial charge in [-0.25, -0.2) is 4.98 Å². The molecule has 5 rings (SSSR count). The van der Waals surface area contributed by atoms with E-state index in [-0.39, 0.29) is 0 Å². The van der Waals surface area contributed by atoms with Crippen LogP contribution in [0.3, 0.4) is 0 Å². The number of hydrogen-bond donors (Lipinski definition) is 0. The molecule has 2 aromatic carbocycles. The van der Waals surface area contributed by atoms with Crippen molar-refractivity contribution in [2.24, 2.45) is 0 Å². The number of ether oxygens (including phenoxy) is 2. The zero-order valence-corrected chi connectivity index (χ0v) is 17.0. The summed E-state index contributed by atoms with van der Waals surface area (Å²) in [6.07, 6.45) is 6.79. The van der Waals surface area contributed by atoms with Gasteiger partial charge in [-0.15, -0.1) is 0 Å². The topological polar surface area (TPSA) is 61.5 Å². The Labute approximate surface area is 174 Å². The molecule has 4 aromatic rings. The van der Waals surface area contributed by atoms with E-state index >= 15 is 0 Å². The molecule has 0 bridgehead atoms. The molecule has 0 amide bonds. The van der Waals surface area contributed by atoms with Crippen LogP contribution in [0.25, 0.3) is 28.7 Å². The molecule has 0 N–H and O–H groups in total. The molecule has 0 spiro atoms. The van der Waals surface area contributed by atoms with Crippen LogP contribution in [0.5, 0.6) is 11.5 Å². The standard InChI is InChI=1S/C24H22N4O2/c1-29-19-10-6-16(7-11-19)14-18-4-3-5-21-22(18)27-24-25-15-26-28(24)23(21)17-8-12-20(30-2)13-9-17/h6-15H,3-5H2,1-2H3. The number of fused-ring (bicyclic) bond motifs is 2. The summed E-state index contributed by atoms with van der Waals surface area (Å²) in [7, 11) is 3.36. The Kier molecular flexibility index (Phi) is 4.67. The van der Waals surface area contributed by atoms with Crippen LogP contribution >= 0.6 is 0 Å². The molecular weight excluding hydrogens is 376 g/mol. The van der Waals surface area contributed by atoms with Gasteiger partial charge in [0, 0.05) is 11.1 Å². The summed E-state index contributed by atoms with van der Waals surface area (Å²) in [6.45, 7) is 0. The molecule has 0 atom stereocenters. The minimum atomic E-state index is 0.613. The number of rotatable bonds is 4. The fourth-order valence-electron chi connectivity index (χ4n) is 4.04. The van der Waals surface area contributed by atoms with E-state index in [0.717, 1.165) is 53.3 Å². The molecule has 0 radical (unpaired) electrons. The average molecular weight is 398 g/mol. The van der Waals surface area contributed by atoms with Crippen LogP contribution in [0.2, 0.25) is 0 Å². The lowest BCUT2D eigenvalue weighted by Crippen LogP contribution is -2.11. The average Bonchev–Trinajstić information content (AvgIpc) is 3.27. The molecule has 1 aliphatic carbocycles. The van der Waals surface area contributed by atoms with Crippen LogP contribution in [-0.2, 0) is 6.42 Å². The summed E-state index contributed by atoms with van der Waals surface area (Å²) in [5.74, 6) is 2.30. The molecule has 150 valence electrons. The zero-order valence-electron chi connectivity index (χ0n) is 17.0. The molecule has 30 heavy (non-hydrogen) atoms. The van der Waals surface area contributed by atoms with Gasteiger partial charge < -0.3 is 9.47 Å². The first kappa shape index (κ1) is 18.4. The summed E-state index contributed by atoms with van der Waals surface area (Å²) < 4.78 is 12.4. The van der Waals surface area contributed by atoms with Gasteiger partial charge in [0.2, 0.25) is 0 Å². The first-order valence-electron chi connectivity index (χ1n) is 9.99. The van der Waals surface area contributed by atoms with Gasteiger partial charge in [0.25, 0.3) is 5.78 Å². The van der Waals surface area contributed by atoms with Crippen molar-refractivity contribution >= 4 is 17.4 Å². The van der Waals surface area contributed by atoms with Crippen LogP contribution < -0.4 is 9.47 Å². The molecule has 6 nitrogen and oxygen atoms in total. The molecule has 0 saturated heterocycles. The second kappa shape index (κ2) is 7.63. The van der Waals surface area contributed by atoms with E-state index in [9.17, 15) is 0 Å². The summed E-state index contributed by atoms with van der Waals surface area (Å²) in [4.78, 5) is 9.26. The fraction of sp³-hybridized carbons (Fsp3) is 0.208. The van der Waals surface area contributed by atoms with Crippen LogP contribution in [0, 0.1) is 0 Å². The van der Waals surface area contributed by atoms with Crippen molar-refractivity contribution < 1.29 is 9.47 Å². The van der Waals surface area contributed by atoms with Gasteiger partial charge in [0.05, 0.1) is 25.6 Å². The first-order chi connectivity index (χ1) is 14.8. The maximum absolute atomic E-state index is 5.32. The monoisotopic (exact) mass is 398 g/mol. The molecule has 6 heteroatoms. The summed E-state index contributed by atoms with van der Waals surface area (Å²) in [6, 6.07) is 16.2.